The van der Waals surface area contributed by atoms with Crippen LogP contribution in [0.3, 0.4) is 0 Å². The van der Waals surface area contributed by atoms with E-state index in [1.165, 1.54) is 12.7 Å². The largest absolute Gasteiger partial charge is 0.473 e. The summed E-state index contributed by atoms with van der Waals surface area (Å²) in [5.74, 6) is 0.798. The Kier molecular flexibility index (Phi) is 4.77. The highest BCUT2D eigenvalue weighted by Crippen LogP contribution is 2.24. The molecule has 0 bridgehead atoms. The molecule has 1 aromatic heterocycles. The monoisotopic (exact) mass is 325 g/mol. The van der Waals surface area contributed by atoms with Crippen LogP contribution in [0.2, 0.25) is 0 Å². The van der Waals surface area contributed by atoms with Crippen molar-refractivity contribution in [3.8, 4) is 5.75 Å². The third-order valence-corrected chi connectivity index (χ3v) is 3.81. The molecule has 2 aromatic rings. The van der Waals surface area contributed by atoms with Crippen LogP contribution in [-0.2, 0) is 4.74 Å². The summed E-state index contributed by atoms with van der Waals surface area (Å²) in [5.41, 5.74) is 8.34. The number of methoxy groups -OCH3 is 1. The lowest BCUT2D eigenvalue weighted by molar-refractivity contribution is 0.0600. The Balaban J connectivity index is 1.67. The highest BCUT2D eigenvalue weighted by Gasteiger charge is 2.18. The molecule has 0 saturated carbocycles. The summed E-state index contributed by atoms with van der Waals surface area (Å²) >= 11 is 0. The highest BCUT2D eigenvalue weighted by molar-refractivity contribution is 5.89. The van der Waals surface area contributed by atoms with Gasteiger partial charge in [-0.15, -0.1) is 0 Å². The van der Waals surface area contributed by atoms with Gasteiger partial charge in [-0.05, 0) is 35.4 Å². The normalized spacial score (nSPS) is 17.0. The number of hydrogen-bond donors (Lipinski definition) is 2. The second kappa shape index (κ2) is 7.14. The Morgan fingerprint density at radius 2 is 2.04 bits per heavy atom. The van der Waals surface area contributed by atoms with Gasteiger partial charge in [-0.25, -0.2) is 9.78 Å². The Morgan fingerprint density at radius 1 is 1.25 bits per heavy atom. The predicted molar refractivity (Wildman–Crippen MR) is 91.4 cm³/mol. The van der Waals surface area contributed by atoms with E-state index in [1.54, 1.807) is 30.5 Å². The fourth-order valence-corrected chi connectivity index (χ4v) is 2.55. The molecule has 0 radical (unpaired) electrons. The molecule has 1 atom stereocenters. The number of nitrogens with one attached hydrogen (secondary N) is 1. The zero-order valence-corrected chi connectivity index (χ0v) is 13.4. The number of carbonyl (C=O) groups is 1. The molecule has 0 spiro atoms. The van der Waals surface area contributed by atoms with Crippen molar-refractivity contribution in [1.82, 2.24) is 10.3 Å². The zero-order chi connectivity index (χ0) is 16.9. The summed E-state index contributed by atoms with van der Waals surface area (Å²) in [7, 11) is 1.37. The Hall–Kier alpha value is -2.86. The third-order valence-electron chi connectivity index (χ3n) is 3.81. The zero-order valence-electron chi connectivity index (χ0n) is 13.4. The fourth-order valence-electron chi connectivity index (χ4n) is 2.55. The van der Waals surface area contributed by atoms with Crippen LogP contribution in [0.15, 0.2) is 48.7 Å². The van der Waals surface area contributed by atoms with Crippen molar-refractivity contribution in [2.75, 3.05) is 19.4 Å². The molecule has 6 nitrogen and oxygen atoms in total. The van der Waals surface area contributed by atoms with E-state index in [9.17, 15) is 4.79 Å². The number of anilines is 1. The molecule has 0 saturated heterocycles. The van der Waals surface area contributed by atoms with Crippen molar-refractivity contribution in [1.29, 1.82) is 0 Å². The molecule has 2 heterocycles. The van der Waals surface area contributed by atoms with Crippen molar-refractivity contribution in [2.24, 2.45) is 0 Å². The van der Waals surface area contributed by atoms with Crippen LogP contribution < -0.4 is 15.8 Å². The van der Waals surface area contributed by atoms with Crippen molar-refractivity contribution < 1.29 is 14.3 Å². The van der Waals surface area contributed by atoms with Gasteiger partial charge in [0.1, 0.15) is 11.6 Å². The predicted octanol–water partition coefficient (Wildman–Crippen LogP) is 2.23. The van der Waals surface area contributed by atoms with Gasteiger partial charge in [0, 0.05) is 13.0 Å². The first-order chi connectivity index (χ1) is 11.7. The first-order valence-corrected chi connectivity index (χ1v) is 7.65. The van der Waals surface area contributed by atoms with Crippen molar-refractivity contribution in [2.45, 2.75) is 12.6 Å². The molecule has 1 aliphatic rings. The number of pyridine rings is 1. The molecule has 6 heteroatoms. The minimum Gasteiger partial charge on any atom is -0.473 e. The van der Waals surface area contributed by atoms with E-state index < -0.39 is 0 Å². The van der Waals surface area contributed by atoms with Gasteiger partial charge in [0.05, 0.1) is 18.9 Å². The molecule has 3 N–H and O–H groups in total. The van der Waals surface area contributed by atoms with E-state index >= 15 is 0 Å². The summed E-state index contributed by atoms with van der Waals surface area (Å²) < 4.78 is 10.6. The lowest BCUT2D eigenvalue weighted by atomic mass is 9.98. The van der Waals surface area contributed by atoms with Crippen LogP contribution in [0.4, 0.5) is 5.82 Å². The lowest BCUT2D eigenvalue weighted by Gasteiger charge is -2.25. The smallest absolute Gasteiger partial charge is 0.337 e. The van der Waals surface area contributed by atoms with Crippen molar-refractivity contribution >= 4 is 17.4 Å². The molecule has 24 heavy (non-hydrogen) atoms. The maximum atomic E-state index is 11.5. The minimum absolute atomic E-state index is 0.143. The number of esters is 1. The highest BCUT2D eigenvalue weighted by atomic mass is 16.5. The Labute approximate surface area is 140 Å². The van der Waals surface area contributed by atoms with E-state index in [0.29, 0.717) is 30.1 Å². The van der Waals surface area contributed by atoms with E-state index in [4.69, 9.17) is 15.2 Å². The van der Waals surface area contributed by atoms with E-state index in [2.05, 4.69) is 16.4 Å². The molecular formula is C18H19N3O3. The average Bonchev–Trinajstić information content (AvgIpc) is 2.63. The van der Waals surface area contributed by atoms with Gasteiger partial charge in [-0.2, -0.15) is 0 Å². The minimum atomic E-state index is -0.335. The van der Waals surface area contributed by atoms with Gasteiger partial charge in [0.15, 0.2) is 6.23 Å². The number of nitrogens with zero attached hydrogens (tertiary/aromatic N) is 1. The average molecular weight is 325 g/mol. The second-order valence-electron chi connectivity index (χ2n) is 5.44. The molecule has 0 aliphatic carbocycles. The van der Waals surface area contributed by atoms with Gasteiger partial charge >= 0.3 is 5.97 Å². The summed E-state index contributed by atoms with van der Waals surface area (Å²) in [6, 6.07) is 10.9. The molecule has 3 rings (SSSR count). The van der Waals surface area contributed by atoms with Gasteiger partial charge in [-0.1, -0.05) is 18.2 Å². The Bertz CT molecular complexity index is 739. The number of rotatable bonds is 4. The first-order valence-electron chi connectivity index (χ1n) is 7.65. The molecule has 1 unspecified atom stereocenters. The summed E-state index contributed by atoms with van der Waals surface area (Å²) in [4.78, 5) is 15.5. The fraction of sp³-hybridized carbons (Fsp3) is 0.222. The number of benzene rings is 1. The summed E-state index contributed by atoms with van der Waals surface area (Å²) in [6.07, 6.45) is 4.30. The van der Waals surface area contributed by atoms with Crippen LogP contribution >= 0.6 is 0 Å². The van der Waals surface area contributed by atoms with Crippen LogP contribution in [0.5, 0.6) is 5.75 Å². The van der Waals surface area contributed by atoms with Crippen LogP contribution in [0.25, 0.3) is 5.57 Å². The van der Waals surface area contributed by atoms with Gasteiger partial charge in [0.2, 0.25) is 0 Å². The molecule has 1 aromatic carbocycles. The number of hydrogen-bond acceptors (Lipinski definition) is 6. The Morgan fingerprint density at radius 3 is 2.71 bits per heavy atom. The maximum Gasteiger partial charge on any atom is 0.337 e. The van der Waals surface area contributed by atoms with Crippen LogP contribution in [-0.4, -0.2) is 30.8 Å². The van der Waals surface area contributed by atoms with Crippen LogP contribution in [0.1, 0.15) is 22.3 Å². The SMILES string of the molecule is COC(=O)c1ccc(C2=CCNC(Oc3ccc(N)nc3)C2)cc1. The van der Waals surface area contributed by atoms with Gasteiger partial charge in [0.25, 0.3) is 0 Å². The summed E-state index contributed by atoms with van der Waals surface area (Å²) in [5, 5.41) is 3.29. The number of ether oxygens (including phenoxy) is 2. The molecular weight excluding hydrogens is 306 g/mol. The summed E-state index contributed by atoms with van der Waals surface area (Å²) in [6.45, 7) is 0.709. The van der Waals surface area contributed by atoms with Crippen molar-refractivity contribution in [3.63, 3.8) is 0 Å². The molecule has 0 fully saturated rings. The van der Waals surface area contributed by atoms with Gasteiger partial charge in [-0.3, -0.25) is 5.32 Å². The number of carbonyl (C=O) groups excluding carboxylic acids is 1. The number of nitrogens with two attached hydrogens (primary N) is 1. The third kappa shape index (κ3) is 3.72. The first kappa shape index (κ1) is 16.0. The molecule has 124 valence electrons. The topological polar surface area (TPSA) is 86.5 Å². The van der Waals surface area contributed by atoms with E-state index in [0.717, 1.165) is 5.56 Å². The second-order valence-corrected chi connectivity index (χ2v) is 5.44. The van der Waals surface area contributed by atoms with Crippen molar-refractivity contribution in [3.05, 3.63) is 59.8 Å². The van der Waals surface area contributed by atoms with E-state index in [1.807, 2.05) is 12.1 Å². The lowest BCUT2D eigenvalue weighted by Crippen LogP contribution is -2.37. The van der Waals surface area contributed by atoms with Crippen LogP contribution in [0, 0.1) is 0 Å². The van der Waals surface area contributed by atoms with Gasteiger partial charge < -0.3 is 15.2 Å². The quantitative estimate of drug-likeness (QED) is 0.838. The van der Waals surface area contributed by atoms with E-state index in [-0.39, 0.29) is 12.2 Å². The standard InChI is InChI=1S/C18H19N3O3/c1-23-18(22)13-4-2-12(3-5-13)14-8-9-20-17(10-14)24-15-6-7-16(19)21-11-15/h2-8,11,17,20H,9-10H2,1H3,(H2,19,21). The molecule has 0 amide bonds. The number of nitrogen functional groups attached to an aromatic ring is 1. The number of aromatic nitrogens is 1. The molecule has 1 aliphatic heterocycles. The maximum absolute atomic E-state index is 11.5.